The lowest BCUT2D eigenvalue weighted by Gasteiger charge is -2.19. The van der Waals surface area contributed by atoms with E-state index in [0.717, 1.165) is 16.7 Å². The summed E-state index contributed by atoms with van der Waals surface area (Å²) in [6.07, 6.45) is 1.51. The lowest BCUT2D eigenvalue weighted by molar-refractivity contribution is -0.127. The number of ether oxygens (including phenoxy) is 3. The number of anilines is 2. The fraction of sp³-hybridized carbons (Fsp3) is 0.143. The van der Waals surface area contributed by atoms with Crippen molar-refractivity contribution in [3.8, 4) is 17.2 Å². The number of nitrogens with zero attached hydrogens (tertiary/aromatic N) is 1. The highest BCUT2D eigenvalue weighted by atomic mass is 32.2. The van der Waals surface area contributed by atoms with Gasteiger partial charge in [0.25, 0.3) is 17.1 Å². The maximum absolute atomic E-state index is 13.0. The van der Waals surface area contributed by atoms with Crippen LogP contribution >= 0.6 is 11.8 Å². The number of nitrogens with one attached hydrogen (secondary N) is 2. The van der Waals surface area contributed by atoms with Gasteiger partial charge in [0.1, 0.15) is 25.5 Å². The second kappa shape index (κ2) is 11.7. The van der Waals surface area contributed by atoms with E-state index in [-0.39, 0.29) is 17.4 Å². The highest BCUT2D eigenvalue weighted by molar-refractivity contribution is 8.18. The predicted molar refractivity (Wildman–Crippen MR) is 146 cm³/mol. The Morgan fingerprint density at radius 2 is 1.59 bits per heavy atom. The van der Waals surface area contributed by atoms with Crippen molar-refractivity contribution in [3.05, 3.63) is 83.3 Å². The fourth-order valence-electron chi connectivity index (χ4n) is 3.84. The van der Waals surface area contributed by atoms with E-state index in [0.29, 0.717) is 47.4 Å². The van der Waals surface area contributed by atoms with E-state index in [1.807, 2.05) is 6.07 Å². The maximum atomic E-state index is 13.0. The van der Waals surface area contributed by atoms with Gasteiger partial charge in [0.2, 0.25) is 5.91 Å². The molecule has 39 heavy (non-hydrogen) atoms. The monoisotopic (exact) mass is 545 g/mol. The smallest absolute Gasteiger partial charge is 0.294 e. The number of benzene rings is 3. The number of para-hydroxylation sites is 2. The standard InChI is InChI=1S/C28H23N3O7S/c32-25(30-20-10-11-22-23(15-20)37-13-12-36-22)16-31-27(34)24(39-28(31)35)14-18-6-4-5-9-21(18)38-17-26(33)29-19-7-2-1-3-8-19/h1-11,14-15H,12-13,16-17H2,(H,29,33)(H,30,32)/b24-14+. The highest BCUT2D eigenvalue weighted by Gasteiger charge is 2.36. The average Bonchev–Trinajstić information content (AvgIpc) is 3.20. The van der Waals surface area contributed by atoms with Crippen LogP contribution in [0.3, 0.4) is 0 Å². The molecule has 0 aromatic heterocycles. The molecule has 0 unspecified atom stereocenters. The zero-order chi connectivity index (χ0) is 27.2. The van der Waals surface area contributed by atoms with Crippen molar-refractivity contribution in [2.24, 2.45) is 0 Å². The summed E-state index contributed by atoms with van der Waals surface area (Å²) in [7, 11) is 0. The maximum Gasteiger partial charge on any atom is 0.294 e. The van der Waals surface area contributed by atoms with Crippen LogP contribution in [0.1, 0.15) is 5.56 Å². The summed E-state index contributed by atoms with van der Waals surface area (Å²) < 4.78 is 16.7. The molecule has 1 fully saturated rings. The van der Waals surface area contributed by atoms with E-state index in [9.17, 15) is 19.2 Å². The first-order valence-corrected chi connectivity index (χ1v) is 12.8. The Morgan fingerprint density at radius 3 is 2.41 bits per heavy atom. The van der Waals surface area contributed by atoms with Crippen molar-refractivity contribution in [3.63, 3.8) is 0 Å². The largest absolute Gasteiger partial charge is 0.486 e. The van der Waals surface area contributed by atoms with E-state index in [4.69, 9.17) is 14.2 Å². The number of hydrogen-bond acceptors (Lipinski definition) is 8. The molecule has 2 heterocycles. The summed E-state index contributed by atoms with van der Waals surface area (Å²) in [5.74, 6) is -0.0328. The minimum atomic E-state index is -0.598. The van der Waals surface area contributed by atoms with E-state index >= 15 is 0 Å². The van der Waals surface area contributed by atoms with E-state index in [1.54, 1.807) is 66.7 Å². The van der Waals surface area contributed by atoms with Crippen molar-refractivity contribution in [2.45, 2.75) is 0 Å². The third kappa shape index (κ3) is 6.39. The average molecular weight is 546 g/mol. The van der Waals surface area contributed by atoms with Gasteiger partial charge in [0, 0.05) is 23.0 Å². The van der Waals surface area contributed by atoms with E-state index < -0.39 is 23.6 Å². The van der Waals surface area contributed by atoms with Gasteiger partial charge in [0.05, 0.1) is 4.91 Å². The molecule has 11 heteroatoms. The van der Waals surface area contributed by atoms with Crippen LogP contribution in [0.25, 0.3) is 6.08 Å². The molecule has 3 aromatic rings. The summed E-state index contributed by atoms with van der Waals surface area (Å²) in [4.78, 5) is 51.4. The molecule has 0 saturated carbocycles. The van der Waals surface area contributed by atoms with Crippen LogP contribution < -0.4 is 24.8 Å². The molecule has 0 bridgehead atoms. The van der Waals surface area contributed by atoms with Crippen LogP contribution in [0.2, 0.25) is 0 Å². The molecule has 3 aromatic carbocycles. The van der Waals surface area contributed by atoms with Gasteiger partial charge in [-0.25, -0.2) is 0 Å². The minimum Gasteiger partial charge on any atom is -0.486 e. The van der Waals surface area contributed by atoms with Gasteiger partial charge in [-0.15, -0.1) is 0 Å². The number of carbonyl (C=O) groups excluding carboxylic acids is 4. The number of imide groups is 1. The highest BCUT2D eigenvalue weighted by Crippen LogP contribution is 2.35. The molecule has 2 aliphatic heterocycles. The van der Waals surface area contributed by atoms with Gasteiger partial charge in [-0.1, -0.05) is 36.4 Å². The molecule has 1 saturated heterocycles. The van der Waals surface area contributed by atoms with Crippen LogP contribution in [0.4, 0.5) is 16.2 Å². The van der Waals surface area contributed by atoms with Crippen LogP contribution in [0, 0.1) is 0 Å². The molecule has 0 aliphatic carbocycles. The molecule has 2 aliphatic rings. The second-order valence-electron chi connectivity index (χ2n) is 8.42. The number of amides is 4. The number of thioether (sulfide) groups is 1. The lowest BCUT2D eigenvalue weighted by atomic mass is 10.2. The molecular weight excluding hydrogens is 522 g/mol. The quantitative estimate of drug-likeness (QED) is 0.405. The van der Waals surface area contributed by atoms with Gasteiger partial charge < -0.3 is 24.8 Å². The van der Waals surface area contributed by atoms with Crippen molar-refractivity contribution in [2.75, 3.05) is 37.0 Å². The van der Waals surface area contributed by atoms with Gasteiger partial charge in [-0.2, -0.15) is 0 Å². The SMILES string of the molecule is O=C(COc1ccccc1/C=C1/SC(=O)N(CC(=O)Nc2ccc3c(c2)OCCO3)C1=O)Nc1ccccc1. The number of carbonyl (C=O) groups is 4. The summed E-state index contributed by atoms with van der Waals surface area (Å²) in [5.41, 5.74) is 1.61. The van der Waals surface area contributed by atoms with Gasteiger partial charge in [0.15, 0.2) is 18.1 Å². The van der Waals surface area contributed by atoms with E-state index in [2.05, 4.69) is 10.6 Å². The molecule has 0 spiro atoms. The Hall–Kier alpha value is -4.77. The zero-order valence-corrected chi connectivity index (χ0v) is 21.4. The Balaban J connectivity index is 1.21. The molecule has 5 rings (SSSR count). The molecule has 4 amide bonds. The summed E-state index contributed by atoms with van der Waals surface area (Å²) >= 11 is 0.726. The van der Waals surface area contributed by atoms with Gasteiger partial charge in [-0.05, 0) is 48.2 Å². The number of rotatable bonds is 8. The summed E-state index contributed by atoms with van der Waals surface area (Å²) in [6, 6.07) is 20.8. The first-order valence-electron chi connectivity index (χ1n) is 12.0. The normalized spacial score (nSPS) is 15.3. The van der Waals surface area contributed by atoms with Gasteiger partial charge in [-0.3, -0.25) is 24.1 Å². The Kier molecular flexibility index (Phi) is 7.78. The molecule has 0 atom stereocenters. The molecule has 198 valence electrons. The first kappa shape index (κ1) is 25.9. The molecular formula is C28H23N3O7S. The molecule has 10 nitrogen and oxygen atoms in total. The van der Waals surface area contributed by atoms with Crippen molar-refractivity contribution < 1.29 is 33.4 Å². The fourth-order valence-corrected chi connectivity index (χ4v) is 4.67. The molecule has 2 N–H and O–H groups in total. The zero-order valence-electron chi connectivity index (χ0n) is 20.5. The Labute approximate surface area is 227 Å². The van der Waals surface area contributed by atoms with E-state index in [1.165, 1.54) is 6.08 Å². The van der Waals surface area contributed by atoms with Crippen LogP contribution in [-0.4, -0.2) is 54.2 Å². The third-order valence-corrected chi connectivity index (χ3v) is 6.53. The Bertz CT molecular complexity index is 1460. The van der Waals surface area contributed by atoms with Crippen molar-refractivity contribution in [1.82, 2.24) is 4.90 Å². The summed E-state index contributed by atoms with van der Waals surface area (Å²) in [5, 5.41) is 4.84. The lowest BCUT2D eigenvalue weighted by Crippen LogP contribution is -2.36. The molecule has 0 radical (unpaired) electrons. The topological polar surface area (TPSA) is 123 Å². The third-order valence-electron chi connectivity index (χ3n) is 5.62. The predicted octanol–water partition coefficient (Wildman–Crippen LogP) is 4.15. The summed E-state index contributed by atoms with van der Waals surface area (Å²) in [6.45, 7) is 0.156. The first-order chi connectivity index (χ1) is 19.0. The van der Waals surface area contributed by atoms with Crippen molar-refractivity contribution in [1.29, 1.82) is 0 Å². The van der Waals surface area contributed by atoms with Crippen LogP contribution in [0.15, 0.2) is 77.7 Å². The number of fused-ring (bicyclic) bond motifs is 1. The minimum absolute atomic E-state index is 0.136. The van der Waals surface area contributed by atoms with Gasteiger partial charge >= 0.3 is 0 Å². The Morgan fingerprint density at radius 1 is 0.872 bits per heavy atom. The second-order valence-corrected chi connectivity index (χ2v) is 9.41. The van der Waals surface area contributed by atoms with Crippen LogP contribution in [0.5, 0.6) is 17.2 Å². The van der Waals surface area contributed by atoms with Crippen LogP contribution in [-0.2, 0) is 14.4 Å². The number of hydrogen-bond donors (Lipinski definition) is 2. The van der Waals surface area contributed by atoms with Crippen molar-refractivity contribution >= 4 is 52.2 Å².